The lowest BCUT2D eigenvalue weighted by Crippen LogP contribution is -2.19. The summed E-state index contributed by atoms with van der Waals surface area (Å²) >= 11 is 0. The number of alkyl halides is 3. The fourth-order valence-corrected chi connectivity index (χ4v) is 4.28. The van der Waals surface area contributed by atoms with E-state index < -0.39 is 64.4 Å². The maximum Gasteiger partial charge on any atom is 0.417 e. The third kappa shape index (κ3) is 7.65. The first-order chi connectivity index (χ1) is 19.8. The number of hydrogen-bond donors (Lipinski definition) is 2. The van der Waals surface area contributed by atoms with E-state index >= 15 is 0 Å². The zero-order valence-corrected chi connectivity index (χ0v) is 22.8. The van der Waals surface area contributed by atoms with Crippen LogP contribution in [-0.2, 0) is 28.6 Å². The Bertz CT molecular complexity index is 1440. The van der Waals surface area contributed by atoms with Gasteiger partial charge in [-0.05, 0) is 54.2 Å². The molecule has 0 saturated carbocycles. The number of hydrogen-bond acceptors (Lipinski definition) is 2. The fourth-order valence-electron chi connectivity index (χ4n) is 4.28. The monoisotopic (exact) mass is 600 g/mol. The van der Waals surface area contributed by atoms with Crippen molar-refractivity contribution >= 4 is 23.2 Å². The predicted octanol–water partition coefficient (Wildman–Crippen LogP) is 8.72. The number of aryl methyl sites for hydroxylation is 1. The second-order valence-electron chi connectivity index (χ2n) is 9.66. The zero-order valence-electron chi connectivity index (χ0n) is 22.8. The van der Waals surface area contributed by atoms with Gasteiger partial charge in [0, 0.05) is 23.4 Å². The number of unbranched alkanes of at least 4 members (excludes halogenated alkanes) is 2. The van der Waals surface area contributed by atoms with Crippen molar-refractivity contribution in [1.29, 1.82) is 0 Å². The van der Waals surface area contributed by atoms with Crippen molar-refractivity contribution in [2.75, 3.05) is 10.6 Å². The highest BCUT2D eigenvalue weighted by Crippen LogP contribution is 2.40. The topological polar surface area (TPSA) is 58.2 Å². The average Bonchev–Trinajstić information content (AvgIpc) is 2.95. The summed E-state index contributed by atoms with van der Waals surface area (Å²) in [6.07, 6.45) is -2.30. The molecule has 0 radical (unpaired) electrons. The first-order valence-electron chi connectivity index (χ1n) is 13.2. The molecular weight excluding hydrogens is 572 g/mol. The largest absolute Gasteiger partial charge is 0.417 e. The highest BCUT2D eigenvalue weighted by atomic mass is 19.4. The quantitative estimate of drug-likeness (QED) is 0.131. The summed E-state index contributed by atoms with van der Waals surface area (Å²) in [5.41, 5.74) is -2.01. The maximum absolute atomic E-state index is 14.1. The lowest BCUT2D eigenvalue weighted by Gasteiger charge is -2.18. The standard InChI is InChI=1S/C30H28F8N2O2/c1-3-5-7-16-9-10-17(13-22(16)40-23(41)8-6-4-2)19-12-11-18(14-21(19)30(36,37)38)39-24(42)15-20-25(31)27(33)29(35)28(34)26(20)32/h9-14H,3-8,15H2,1-2H3,(H,39,42)(H,40,41). The molecule has 12 heteroatoms. The molecule has 0 atom stereocenters. The van der Waals surface area contributed by atoms with Crippen molar-refractivity contribution in [2.45, 2.75) is 65.0 Å². The Labute approximate surface area is 237 Å². The lowest BCUT2D eigenvalue weighted by atomic mass is 9.95. The number of carbonyl (C=O) groups excluding carboxylic acids is 2. The molecule has 226 valence electrons. The van der Waals surface area contributed by atoms with Gasteiger partial charge in [-0.25, -0.2) is 22.0 Å². The summed E-state index contributed by atoms with van der Waals surface area (Å²) < 4.78 is 111. The van der Waals surface area contributed by atoms with E-state index in [1.54, 1.807) is 6.07 Å². The van der Waals surface area contributed by atoms with Gasteiger partial charge in [-0.3, -0.25) is 9.59 Å². The molecule has 0 aliphatic carbocycles. The Hall–Kier alpha value is -3.96. The van der Waals surface area contributed by atoms with Crippen LogP contribution in [0.25, 0.3) is 11.1 Å². The van der Waals surface area contributed by atoms with Crippen LogP contribution < -0.4 is 10.6 Å². The van der Waals surface area contributed by atoms with Gasteiger partial charge in [0.2, 0.25) is 17.6 Å². The molecule has 0 bridgehead atoms. The second kappa shape index (κ2) is 13.8. The summed E-state index contributed by atoms with van der Waals surface area (Å²) in [6, 6.07) is 7.34. The highest BCUT2D eigenvalue weighted by molar-refractivity contribution is 5.94. The summed E-state index contributed by atoms with van der Waals surface area (Å²) in [4.78, 5) is 24.8. The zero-order chi connectivity index (χ0) is 31.2. The number of carbonyl (C=O) groups is 2. The van der Waals surface area contributed by atoms with Crippen LogP contribution in [-0.4, -0.2) is 11.8 Å². The molecule has 0 aromatic heterocycles. The van der Waals surface area contributed by atoms with Gasteiger partial charge in [0.1, 0.15) is 0 Å². The number of benzene rings is 3. The van der Waals surface area contributed by atoms with Crippen LogP contribution in [0.3, 0.4) is 0 Å². The first-order valence-corrected chi connectivity index (χ1v) is 13.2. The Balaban J connectivity index is 1.95. The highest BCUT2D eigenvalue weighted by Gasteiger charge is 2.34. The molecule has 2 N–H and O–H groups in total. The molecule has 42 heavy (non-hydrogen) atoms. The van der Waals surface area contributed by atoms with Gasteiger partial charge in [0.05, 0.1) is 12.0 Å². The molecule has 0 aliphatic rings. The van der Waals surface area contributed by atoms with E-state index in [0.717, 1.165) is 37.0 Å². The summed E-state index contributed by atoms with van der Waals surface area (Å²) in [5, 5.41) is 4.80. The molecule has 2 amide bonds. The van der Waals surface area contributed by atoms with Crippen molar-refractivity contribution in [1.82, 2.24) is 0 Å². The van der Waals surface area contributed by atoms with Crippen LogP contribution in [0.5, 0.6) is 0 Å². The Kier molecular flexibility index (Phi) is 10.7. The molecule has 0 heterocycles. The van der Waals surface area contributed by atoms with Crippen LogP contribution in [0.2, 0.25) is 0 Å². The first kappa shape index (κ1) is 32.6. The van der Waals surface area contributed by atoms with Gasteiger partial charge in [0.25, 0.3) is 0 Å². The molecule has 0 unspecified atom stereocenters. The minimum absolute atomic E-state index is 0.132. The van der Waals surface area contributed by atoms with Crippen LogP contribution >= 0.6 is 0 Å². The van der Waals surface area contributed by atoms with Crippen LogP contribution in [0, 0.1) is 29.1 Å². The van der Waals surface area contributed by atoms with Gasteiger partial charge in [-0.2, -0.15) is 13.2 Å². The van der Waals surface area contributed by atoms with E-state index in [1.807, 2.05) is 19.2 Å². The normalized spacial score (nSPS) is 11.5. The molecule has 3 aromatic rings. The number of rotatable bonds is 11. The number of amides is 2. The van der Waals surface area contributed by atoms with E-state index in [0.29, 0.717) is 24.6 Å². The number of halogens is 8. The molecule has 0 aliphatic heterocycles. The molecule has 4 nitrogen and oxygen atoms in total. The Morgan fingerprint density at radius 3 is 1.95 bits per heavy atom. The van der Waals surface area contributed by atoms with E-state index in [2.05, 4.69) is 5.32 Å². The molecule has 3 aromatic carbocycles. The Morgan fingerprint density at radius 1 is 0.738 bits per heavy atom. The van der Waals surface area contributed by atoms with Gasteiger partial charge in [0.15, 0.2) is 23.3 Å². The molecule has 0 saturated heterocycles. The molecule has 0 spiro atoms. The SMILES string of the molecule is CCCCC(=O)Nc1cc(-c2ccc(NC(=O)Cc3c(F)c(F)c(F)c(F)c3F)cc2C(F)(F)F)ccc1CCCC. The third-order valence-electron chi connectivity index (χ3n) is 6.50. The van der Waals surface area contributed by atoms with E-state index in [1.165, 1.54) is 12.1 Å². The summed E-state index contributed by atoms with van der Waals surface area (Å²) in [5.74, 6) is -12.9. The number of anilines is 2. The number of nitrogens with one attached hydrogen (secondary N) is 2. The van der Waals surface area contributed by atoms with Crippen molar-refractivity contribution in [2.24, 2.45) is 0 Å². The van der Waals surface area contributed by atoms with Gasteiger partial charge in [-0.1, -0.05) is 44.9 Å². The van der Waals surface area contributed by atoms with Crippen LogP contribution in [0.1, 0.15) is 62.6 Å². The molecule has 0 fully saturated rings. The van der Waals surface area contributed by atoms with Crippen LogP contribution in [0.4, 0.5) is 46.5 Å². The fraction of sp³-hybridized carbons (Fsp3) is 0.333. The third-order valence-corrected chi connectivity index (χ3v) is 6.50. The van der Waals surface area contributed by atoms with Gasteiger partial charge >= 0.3 is 6.18 Å². The minimum Gasteiger partial charge on any atom is -0.326 e. The van der Waals surface area contributed by atoms with Crippen molar-refractivity contribution in [3.05, 3.63) is 82.2 Å². The van der Waals surface area contributed by atoms with E-state index in [-0.39, 0.29) is 23.5 Å². The van der Waals surface area contributed by atoms with E-state index in [4.69, 9.17) is 0 Å². The lowest BCUT2D eigenvalue weighted by molar-refractivity contribution is -0.137. The van der Waals surface area contributed by atoms with Crippen molar-refractivity contribution in [3.8, 4) is 11.1 Å². The predicted molar refractivity (Wildman–Crippen MR) is 142 cm³/mol. The molecular formula is C30H28F8N2O2. The Morgan fingerprint density at radius 2 is 1.36 bits per heavy atom. The second-order valence-corrected chi connectivity index (χ2v) is 9.66. The van der Waals surface area contributed by atoms with Crippen molar-refractivity contribution < 1.29 is 44.7 Å². The van der Waals surface area contributed by atoms with Crippen LogP contribution in [0.15, 0.2) is 36.4 Å². The van der Waals surface area contributed by atoms with Crippen molar-refractivity contribution in [3.63, 3.8) is 0 Å². The average molecular weight is 601 g/mol. The van der Waals surface area contributed by atoms with E-state index in [9.17, 15) is 44.7 Å². The summed E-state index contributed by atoms with van der Waals surface area (Å²) in [6.45, 7) is 3.90. The van der Waals surface area contributed by atoms with Gasteiger partial charge in [-0.15, -0.1) is 0 Å². The van der Waals surface area contributed by atoms with Gasteiger partial charge < -0.3 is 10.6 Å². The maximum atomic E-state index is 14.1. The summed E-state index contributed by atoms with van der Waals surface area (Å²) in [7, 11) is 0. The smallest absolute Gasteiger partial charge is 0.326 e. The molecule has 3 rings (SSSR count). The minimum atomic E-state index is -4.91.